The summed E-state index contributed by atoms with van der Waals surface area (Å²) < 4.78 is 0. The van der Waals surface area contributed by atoms with Crippen LogP contribution in [0.5, 0.6) is 0 Å². The highest BCUT2D eigenvalue weighted by atomic mass is 35.5. The summed E-state index contributed by atoms with van der Waals surface area (Å²) in [5.41, 5.74) is 1.01. The molecule has 1 unspecified atom stereocenters. The van der Waals surface area contributed by atoms with E-state index in [1.165, 1.54) is 11.3 Å². The van der Waals surface area contributed by atoms with E-state index in [-0.39, 0.29) is 11.9 Å². The molecule has 0 N–H and O–H groups in total. The van der Waals surface area contributed by atoms with Gasteiger partial charge < -0.3 is 0 Å². The first-order valence-corrected chi connectivity index (χ1v) is 11.4. The van der Waals surface area contributed by atoms with E-state index >= 15 is 0 Å². The van der Waals surface area contributed by atoms with Gasteiger partial charge in [-0.15, -0.1) is 11.3 Å². The Kier molecular flexibility index (Phi) is 6.15. The van der Waals surface area contributed by atoms with Crippen molar-refractivity contribution in [2.24, 2.45) is 4.99 Å². The van der Waals surface area contributed by atoms with E-state index in [1.54, 1.807) is 58.7 Å². The van der Waals surface area contributed by atoms with Crippen LogP contribution < -0.4 is 0 Å². The molecule has 0 bridgehead atoms. The second kappa shape index (κ2) is 8.79. The van der Waals surface area contributed by atoms with Gasteiger partial charge in [-0.1, -0.05) is 41.9 Å². The first-order valence-electron chi connectivity index (χ1n) is 8.80. The lowest BCUT2D eigenvalue weighted by molar-refractivity contribution is 0.0814. The van der Waals surface area contributed by atoms with Crippen molar-refractivity contribution < 1.29 is 4.79 Å². The Bertz CT molecular complexity index is 1070. The maximum absolute atomic E-state index is 13.3. The van der Waals surface area contributed by atoms with Crippen molar-refractivity contribution in [3.8, 4) is 10.8 Å². The standard InChI is InChI=1S/C19H15Cl2N5OS2/c1-2-12-9-29-19(24-11-4-5-13(20)14(21)8-11)26(12)18(27)15-10-28-17(25-15)16-22-6-3-7-23-16/h3-8,10,12H,2,9H2,1H3. The third kappa shape index (κ3) is 4.30. The Balaban J connectivity index is 1.65. The number of carbonyl (C=O) groups is 1. The number of thiazole rings is 1. The number of rotatable bonds is 4. The average Bonchev–Trinajstić information content (AvgIpc) is 3.38. The van der Waals surface area contributed by atoms with Crippen LogP contribution in [0.1, 0.15) is 23.8 Å². The summed E-state index contributed by atoms with van der Waals surface area (Å²) in [6, 6.07) is 6.94. The first kappa shape index (κ1) is 20.3. The van der Waals surface area contributed by atoms with Gasteiger partial charge in [0.25, 0.3) is 5.91 Å². The summed E-state index contributed by atoms with van der Waals surface area (Å²) in [5, 5.41) is 3.86. The summed E-state index contributed by atoms with van der Waals surface area (Å²) >= 11 is 15.0. The lowest BCUT2D eigenvalue weighted by Gasteiger charge is -2.22. The van der Waals surface area contributed by atoms with Gasteiger partial charge in [0, 0.05) is 29.6 Å². The van der Waals surface area contributed by atoms with Gasteiger partial charge in [-0.3, -0.25) is 9.69 Å². The molecule has 1 aliphatic rings. The molecule has 0 spiro atoms. The van der Waals surface area contributed by atoms with E-state index < -0.39 is 0 Å². The molecular weight excluding hydrogens is 449 g/mol. The Morgan fingerprint density at radius 1 is 1.28 bits per heavy atom. The van der Waals surface area contributed by atoms with Gasteiger partial charge in [-0.05, 0) is 30.7 Å². The summed E-state index contributed by atoms with van der Waals surface area (Å²) in [6.45, 7) is 2.05. The SMILES string of the molecule is CCC1CSC(=Nc2ccc(Cl)c(Cl)c2)N1C(=O)c1csc(-c2ncccn2)n1. The van der Waals surface area contributed by atoms with Crippen molar-refractivity contribution in [1.29, 1.82) is 0 Å². The molecule has 1 amide bonds. The molecule has 148 valence electrons. The molecule has 1 atom stereocenters. The van der Waals surface area contributed by atoms with Gasteiger partial charge in [0.15, 0.2) is 16.0 Å². The minimum absolute atomic E-state index is 0.0483. The highest BCUT2D eigenvalue weighted by Crippen LogP contribution is 2.33. The van der Waals surface area contributed by atoms with Crippen molar-refractivity contribution in [1.82, 2.24) is 19.9 Å². The maximum atomic E-state index is 13.3. The number of thioether (sulfide) groups is 1. The molecule has 1 fully saturated rings. The Hall–Kier alpha value is -2.00. The normalized spacial score (nSPS) is 17.8. The number of aliphatic imine (C=N–C) groups is 1. The van der Waals surface area contributed by atoms with Crippen LogP contribution in [0.15, 0.2) is 47.0 Å². The number of nitrogens with zero attached hydrogens (tertiary/aromatic N) is 5. The van der Waals surface area contributed by atoms with Gasteiger partial charge in [0.05, 0.1) is 15.7 Å². The number of hydrogen-bond donors (Lipinski definition) is 0. The number of benzene rings is 1. The van der Waals surface area contributed by atoms with Crippen LogP contribution >= 0.6 is 46.3 Å². The number of carbonyl (C=O) groups excluding carboxylic acids is 1. The lowest BCUT2D eigenvalue weighted by atomic mass is 10.2. The van der Waals surface area contributed by atoms with Crippen molar-refractivity contribution in [3.05, 3.63) is 57.8 Å². The van der Waals surface area contributed by atoms with Crippen molar-refractivity contribution >= 4 is 63.1 Å². The predicted octanol–water partition coefficient (Wildman–Crippen LogP) is 5.56. The number of halogens is 2. The van der Waals surface area contributed by atoms with Gasteiger partial charge in [-0.2, -0.15) is 0 Å². The van der Waals surface area contributed by atoms with E-state index in [0.29, 0.717) is 37.4 Å². The molecule has 1 aromatic carbocycles. The fourth-order valence-corrected chi connectivity index (χ4v) is 5.08. The number of hydrogen-bond acceptors (Lipinski definition) is 7. The van der Waals surface area contributed by atoms with E-state index in [9.17, 15) is 4.79 Å². The number of amides is 1. The molecule has 0 aliphatic carbocycles. The summed E-state index contributed by atoms with van der Waals surface area (Å²) in [7, 11) is 0. The fraction of sp³-hybridized carbons (Fsp3) is 0.211. The highest BCUT2D eigenvalue weighted by molar-refractivity contribution is 8.14. The lowest BCUT2D eigenvalue weighted by Crippen LogP contribution is -2.39. The maximum Gasteiger partial charge on any atom is 0.279 e. The zero-order valence-electron chi connectivity index (χ0n) is 15.2. The van der Waals surface area contributed by atoms with Gasteiger partial charge in [0.1, 0.15) is 5.69 Å². The van der Waals surface area contributed by atoms with Gasteiger partial charge >= 0.3 is 0 Å². The second-order valence-corrected chi connectivity index (χ2v) is 8.81. The quantitative estimate of drug-likeness (QED) is 0.506. The van der Waals surface area contributed by atoms with E-state index in [2.05, 4.69) is 26.9 Å². The molecular formula is C19H15Cl2N5OS2. The molecule has 1 saturated heterocycles. The highest BCUT2D eigenvalue weighted by Gasteiger charge is 2.35. The van der Waals surface area contributed by atoms with Crippen LogP contribution in [0, 0.1) is 0 Å². The Morgan fingerprint density at radius 3 is 2.79 bits per heavy atom. The van der Waals surface area contributed by atoms with Crippen LogP contribution in [0.25, 0.3) is 10.8 Å². The number of amidine groups is 1. The minimum atomic E-state index is -0.181. The minimum Gasteiger partial charge on any atom is -0.282 e. The smallest absolute Gasteiger partial charge is 0.279 e. The molecule has 4 rings (SSSR count). The molecule has 0 saturated carbocycles. The molecule has 6 nitrogen and oxygen atoms in total. The van der Waals surface area contributed by atoms with E-state index in [0.717, 1.165) is 12.2 Å². The zero-order chi connectivity index (χ0) is 20.4. The molecule has 1 aliphatic heterocycles. The van der Waals surface area contributed by atoms with E-state index in [1.807, 2.05) is 0 Å². The summed E-state index contributed by atoms with van der Waals surface area (Å²) in [6.07, 6.45) is 4.12. The van der Waals surface area contributed by atoms with E-state index in [4.69, 9.17) is 23.2 Å². The zero-order valence-corrected chi connectivity index (χ0v) is 18.4. The largest absolute Gasteiger partial charge is 0.282 e. The van der Waals surface area contributed by atoms with Crippen LogP contribution in [0.4, 0.5) is 5.69 Å². The molecule has 10 heteroatoms. The van der Waals surface area contributed by atoms with Crippen LogP contribution in [0.2, 0.25) is 10.0 Å². The van der Waals surface area contributed by atoms with Crippen LogP contribution in [-0.4, -0.2) is 42.7 Å². The Morgan fingerprint density at radius 2 is 2.07 bits per heavy atom. The van der Waals surface area contributed by atoms with Crippen LogP contribution in [0.3, 0.4) is 0 Å². The topological polar surface area (TPSA) is 71.3 Å². The van der Waals surface area contributed by atoms with Crippen molar-refractivity contribution in [3.63, 3.8) is 0 Å². The predicted molar refractivity (Wildman–Crippen MR) is 119 cm³/mol. The summed E-state index contributed by atoms with van der Waals surface area (Å²) in [4.78, 5) is 32.5. The molecule has 3 heterocycles. The third-order valence-electron chi connectivity index (χ3n) is 4.27. The Labute approximate surface area is 186 Å². The third-order valence-corrected chi connectivity index (χ3v) is 6.95. The fourth-order valence-electron chi connectivity index (χ4n) is 2.78. The van der Waals surface area contributed by atoms with Gasteiger partial charge in [-0.25, -0.2) is 19.9 Å². The van der Waals surface area contributed by atoms with Crippen molar-refractivity contribution in [2.75, 3.05) is 5.75 Å². The first-order chi connectivity index (χ1) is 14.1. The van der Waals surface area contributed by atoms with Crippen molar-refractivity contribution in [2.45, 2.75) is 19.4 Å². The van der Waals surface area contributed by atoms with Crippen LogP contribution in [-0.2, 0) is 0 Å². The number of aromatic nitrogens is 3. The summed E-state index contributed by atoms with van der Waals surface area (Å²) in [5.74, 6) is 1.10. The second-order valence-electron chi connectivity index (χ2n) is 6.15. The average molecular weight is 464 g/mol. The monoisotopic (exact) mass is 463 g/mol. The van der Waals surface area contributed by atoms with Gasteiger partial charge in [0.2, 0.25) is 0 Å². The molecule has 2 aromatic heterocycles. The molecule has 0 radical (unpaired) electrons. The molecule has 29 heavy (non-hydrogen) atoms. The molecule has 3 aromatic rings.